The quantitative estimate of drug-likeness (QED) is 0.795. The summed E-state index contributed by atoms with van der Waals surface area (Å²) in [7, 11) is 1.71. The molecule has 2 rings (SSSR count). The summed E-state index contributed by atoms with van der Waals surface area (Å²) in [5, 5.41) is 0. The molecule has 0 atom stereocenters. The van der Waals surface area contributed by atoms with Crippen LogP contribution in [0.1, 0.15) is 38.2 Å². The number of piperidine rings is 1. The zero-order valence-electron chi connectivity index (χ0n) is 12.6. The number of hydrogen-bond acceptors (Lipinski definition) is 3. The number of methoxy groups -OCH3 is 1. The number of hydrogen-bond donors (Lipinski definition) is 0. The maximum atomic E-state index is 5.68. The van der Waals surface area contributed by atoms with E-state index in [1.165, 1.54) is 37.9 Å². The van der Waals surface area contributed by atoms with Gasteiger partial charge in [0.2, 0.25) is 0 Å². The van der Waals surface area contributed by atoms with E-state index in [2.05, 4.69) is 24.0 Å². The number of ether oxygens (including phenoxy) is 2. The fourth-order valence-electron chi connectivity index (χ4n) is 2.52. The van der Waals surface area contributed by atoms with Crippen LogP contribution in [0, 0.1) is 0 Å². The molecule has 0 radical (unpaired) electrons. The van der Waals surface area contributed by atoms with Gasteiger partial charge in [-0.1, -0.05) is 19.4 Å². The van der Waals surface area contributed by atoms with Gasteiger partial charge < -0.3 is 9.47 Å². The van der Waals surface area contributed by atoms with Crippen LogP contribution in [0.4, 0.5) is 0 Å². The zero-order chi connectivity index (χ0) is 13.5. The Balaban J connectivity index is 0.00000200. The van der Waals surface area contributed by atoms with E-state index < -0.39 is 0 Å². The van der Waals surface area contributed by atoms with Gasteiger partial charge in [0.15, 0.2) is 11.5 Å². The van der Waals surface area contributed by atoms with Crippen LogP contribution in [-0.2, 0) is 6.54 Å². The Bertz CT molecular complexity index is 392. The molecule has 1 saturated heterocycles. The highest BCUT2D eigenvalue weighted by Gasteiger charge is 2.12. The first-order valence-electron chi connectivity index (χ1n) is 7.35. The summed E-state index contributed by atoms with van der Waals surface area (Å²) in [6.45, 7) is 6.30. The third kappa shape index (κ3) is 4.88. The van der Waals surface area contributed by atoms with Gasteiger partial charge in [-0.2, -0.15) is 0 Å². The number of halogens is 1. The Morgan fingerprint density at radius 2 is 1.85 bits per heavy atom. The lowest BCUT2D eigenvalue weighted by atomic mass is 10.1. The molecule has 0 N–H and O–H groups in total. The van der Waals surface area contributed by atoms with Crippen molar-refractivity contribution in [3.05, 3.63) is 23.8 Å². The molecule has 0 aromatic heterocycles. The molecule has 1 fully saturated rings. The molecule has 0 unspecified atom stereocenters. The predicted octanol–water partition coefficient (Wildman–Crippen LogP) is 3.89. The van der Waals surface area contributed by atoms with E-state index in [0.717, 1.165) is 31.1 Å². The van der Waals surface area contributed by atoms with Gasteiger partial charge in [0, 0.05) is 6.54 Å². The highest BCUT2D eigenvalue weighted by Crippen LogP contribution is 2.29. The van der Waals surface area contributed by atoms with Crippen molar-refractivity contribution in [1.82, 2.24) is 4.90 Å². The van der Waals surface area contributed by atoms with Gasteiger partial charge in [-0.15, -0.1) is 12.4 Å². The fourth-order valence-corrected chi connectivity index (χ4v) is 2.52. The van der Waals surface area contributed by atoms with E-state index >= 15 is 0 Å². The second kappa shape index (κ2) is 9.09. The second-order valence-electron chi connectivity index (χ2n) is 5.17. The van der Waals surface area contributed by atoms with Crippen molar-refractivity contribution in [1.29, 1.82) is 0 Å². The summed E-state index contributed by atoms with van der Waals surface area (Å²) >= 11 is 0. The number of benzene rings is 1. The van der Waals surface area contributed by atoms with Gasteiger partial charge in [0.1, 0.15) is 0 Å². The van der Waals surface area contributed by atoms with Gasteiger partial charge in [0.05, 0.1) is 13.7 Å². The van der Waals surface area contributed by atoms with Crippen molar-refractivity contribution in [2.24, 2.45) is 0 Å². The monoisotopic (exact) mass is 299 g/mol. The van der Waals surface area contributed by atoms with E-state index in [-0.39, 0.29) is 12.4 Å². The molecule has 0 saturated carbocycles. The molecule has 4 heteroatoms. The van der Waals surface area contributed by atoms with E-state index in [1.807, 2.05) is 6.07 Å². The highest BCUT2D eigenvalue weighted by molar-refractivity contribution is 5.85. The highest BCUT2D eigenvalue weighted by atomic mass is 35.5. The predicted molar refractivity (Wildman–Crippen MR) is 85.2 cm³/mol. The molecule has 1 aromatic carbocycles. The van der Waals surface area contributed by atoms with E-state index in [1.54, 1.807) is 7.11 Å². The SMILES string of the molecule is CCCOc1ccc(CN2CCCCC2)cc1OC.Cl. The summed E-state index contributed by atoms with van der Waals surface area (Å²) in [4.78, 5) is 2.52. The molecular formula is C16H26ClNO2. The third-order valence-corrected chi connectivity index (χ3v) is 3.54. The van der Waals surface area contributed by atoms with Crippen LogP contribution in [0.15, 0.2) is 18.2 Å². The number of likely N-dealkylation sites (tertiary alicyclic amines) is 1. The van der Waals surface area contributed by atoms with Gasteiger partial charge in [-0.3, -0.25) is 4.90 Å². The summed E-state index contributed by atoms with van der Waals surface area (Å²) in [6, 6.07) is 6.30. The first-order valence-corrected chi connectivity index (χ1v) is 7.35. The first-order chi connectivity index (χ1) is 9.33. The molecule has 1 aliphatic heterocycles. The van der Waals surface area contributed by atoms with E-state index in [4.69, 9.17) is 9.47 Å². The average molecular weight is 300 g/mol. The van der Waals surface area contributed by atoms with Gasteiger partial charge >= 0.3 is 0 Å². The maximum absolute atomic E-state index is 5.68. The van der Waals surface area contributed by atoms with Crippen LogP contribution in [0.3, 0.4) is 0 Å². The summed E-state index contributed by atoms with van der Waals surface area (Å²) < 4.78 is 11.1. The Morgan fingerprint density at radius 1 is 1.10 bits per heavy atom. The minimum absolute atomic E-state index is 0. The lowest BCUT2D eigenvalue weighted by Gasteiger charge is -2.26. The Morgan fingerprint density at radius 3 is 2.50 bits per heavy atom. The van der Waals surface area contributed by atoms with Crippen LogP contribution < -0.4 is 9.47 Å². The molecule has 0 aliphatic carbocycles. The standard InChI is InChI=1S/C16H25NO2.ClH/c1-3-11-19-15-8-7-14(12-16(15)18-2)13-17-9-5-4-6-10-17;/h7-8,12H,3-6,9-11,13H2,1-2H3;1H. The van der Waals surface area contributed by atoms with Crippen molar-refractivity contribution in [3.63, 3.8) is 0 Å². The van der Waals surface area contributed by atoms with Gasteiger partial charge in [-0.25, -0.2) is 0 Å². The molecular weight excluding hydrogens is 274 g/mol. The molecule has 0 amide bonds. The maximum Gasteiger partial charge on any atom is 0.161 e. The molecule has 114 valence electrons. The normalized spacial score (nSPS) is 15.5. The summed E-state index contributed by atoms with van der Waals surface area (Å²) in [5.74, 6) is 1.70. The molecule has 1 heterocycles. The Hall–Kier alpha value is -0.930. The van der Waals surface area contributed by atoms with Crippen LogP contribution in [0.2, 0.25) is 0 Å². The van der Waals surface area contributed by atoms with Crippen LogP contribution >= 0.6 is 12.4 Å². The second-order valence-corrected chi connectivity index (χ2v) is 5.17. The molecule has 20 heavy (non-hydrogen) atoms. The molecule has 3 nitrogen and oxygen atoms in total. The molecule has 1 aromatic rings. The molecule has 0 bridgehead atoms. The van der Waals surface area contributed by atoms with Crippen LogP contribution in [0.25, 0.3) is 0 Å². The zero-order valence-corrected chi connectivity index (χ0v) is 13.4. The van der Waals surface area contributed by atoms with Gasteiger partial charge in [-0.05, 0) is 50.0 Å². The van der Waals surface area contributed by atoms with Crippen molar-refractivity contribution in [2.75, 3.05) is 26.8 Å². The van der Waals surface area contributed by atoms with Crippen molar-refractivity contribution >= 4 is 12.4 Å². The fraction of sp³-hybridized carbons (Fsp3) is 0.625. The van der Waals surface area contributed by atoms with E-state index in [0.29, 0.717) is 0 Å². The lowest BCUT2D eigenvalue weighted by Crippen LogP contribution is -2.29. The molecule has 1 aliphatic rings. The van der Waals surface area contributed by atoms with E-state index in [9.17, 15) is 0 Å². The van der Waals surface area contributed by atoms with Crippen LogP contribution in [0.5, 0.6) is 11.5 Å². The summed E-state index contributed by atoms with van der Waals surface area (Å²) in [6.07, 6.45) is 5.05. The Kier molecular flexibility index (Phi) is 7.78. The van der Waals surface area contributed by atoms with Crippen LogP contribution in [-0.4, -0.2) is 31.7 Å². The largest absolute Gasteiger partial charge is 0.493 e. The Labute approximate surface area is 128 Å². The lowest BCUT2D eigenvalue weighted by molar-refractivity contribution is 0.220. The average Bonchev–Trinajstić information content (AvgIpc) is 2.47. The van der Waals surface area contributed by atoms with Crippen molar-refractivity contribution in [2.45, 2.75) is 39.2 Å². The minimum atomic E-state index is 0. The summed E-state index contributed by atoms with van der Waals surface area (Å²) in [5.41, 5.74) is 1.31. The first kappa shape index (κ1) is 17.1. The minimum Gasteiger partial charge on any atom is -0.493 e. The molecule has 0 spiro atoms. The number of rotatable bonds is 6. The topological polar surface area (TPSA) is 21.7 Å². The van der Waals surface area contributed by atoms with Gasteiger partial charge in [0.25, 0.3) is 0 Å². The third-order valence-electron chi connectivity index (χ3n) is 3.54. The van der Waals surface area contributed by atoms with Crippen molar-refractivity contribution in [3.8, 4) is 11.5 Å². The smallest absolute Gasteiger partial charge is 0.161 e. The van der Waals surface area contributed by atoms with Crippen molar-refractivity contribution < 1.29 is 9.47 Å². The number of nitrogens with zero attached hydrogens (tertiary/aromatic N) is 1.